The number of benzene rings is 2. The van der Waals surface area contributed by atoms with E-state index in [0.29, 0.717) is 30.2 Å². The summed E-state index contributed by atoms with van der Waals surface area (Å²) >= 11 is 0. The van der Waals surface area contributed by atoms with Crippen LogP contribution in [-0.2, 0) is 16.1 Å². The van der Waals surface area contributed by atoms with E-state index in [1.807, 2.05) is 38.1 Å². The molecule has 3 rings (SSSR count). The van der Waals surface area contributed by atoms with Crippen molar-refractivity contribution in [1.29, 1.82) is 0 Å². The highest BCUT2D eigenvalue weighted by molar-refractivity contribution is 5.88. The van der Waals surface area contributed by atoms with Gasteiger partial charge in [-0.05, 0) is 37.3 Å². The van der Waals surface area contributed by atoms with Crippen LogP contribution in [0.25, 0.3) is 0 Å². The number of aryl methyl sites for hydroxylation is 1. The average molecular weight is 469 g/mol. The first-order valence-corrected chi connectivity index (χ1v) is 11.9. The van der Waals surface area contributed by atoms with Gasteiger partial charge in [-0.1, -0.05) is 44.0 Å². The Morgan fingerprint density at radius 2 is 1.65 bits per heavy atom. The van der Waals surface area contributed by atoms with Crippen molar-refractivity contribution in [2.75, 3.05) is 20.8 Å². The molecular formula is C27H36N2O5. The largest absolute Gasteiger partial charge is 0.496 e. The van der Waals surface area contributed by atoms with Crippen molar-refractivity contribution in [2.24, 2.45) is 0 Å². The first-order chi connectivity index (χ1) is 16.4. The third kappa shape index (κ3) is 6.65. The zero-order valence-electron chi connectivity index (χ0n) is 20.6. The van der Waals surface area contributed by atoms with E-state index < -0.39 is 6.04 Å². The summed E-state index contributed by atoms with van der Waals surface area (Å²) < 4.78 is 16.4. The van der Waals surface area contributed by atoms with Gasteiger partial charge in [0.25, 0.3) is 5.91 Å². The second kappa shape index (κ2) is 12.3. The summed E-state index contributed by atoms with van der Waals surface area (Å²) in [5.41, 5.74) is 2.08. The predicted molar refractivity (Wildman–Crippen MR) is 131 cm³/mol. The number of hydrogen-bond acceptors (Lipinski definition) is 5. The van der Waals surface area contributed by atoms with Gasteiger partial charge >= 0.3 is 0 Å². The van der Waals surface area contributed by atoms with Crippen molar-refractivity contribution in [3.05, 3.63) is 53.6 Å². The molecule has 184 valence electrons. The van der Waals surface area contributed by atoms with Crippen molar-refractivity contribution < 1.29 is 23.8 Å². The molecule has 0 heterocycles. The Morgan fingerprint density at radius 1 is 1.03 bits per heavy atom. The maximum Gasteiger partial charge on any atom is 0.261 e. The van der Waals surface area contributed by atoms with E-state index >= 15 is 0 Å². The third-order valence-electron chi connectivity index (χ3n) is 6.38. The number of nitrogens with one attached hydrogen (secondary N) is 1. The summed E-state index contributed by atoms with van der Waals surface area (Å²) in [5, 5.41) is 3.16. The van der Waals surface area contributed by atoms with Crippen LogP contribution < -0.4 is 19.5 Å². The minimum atomic E-state index is -0.573. The molecule has 2 amide bonds. The SMILES string of the molecule is CC[C@@H](C(=O)NC1CCCC1)N(Cc1ccccc1C)C(=O)COc1cc(OC)cc(OC)c1. The van der Waals surface area contributed by atoms with E-state index in [1.54, 1.807) is 37.3 Å². The Hall–Kier alpha value is -3.22. The maximum absolute atomic E-state index is 13.4. The summed E-state index contributed by atoms with van der Waals surface area (Å²) in [4.78, 5) is 28.3. The lowest BCUT2D eigenvalue weighted by Gasteiger charge is -2.32. The van der Waals surface area contributed by atoms with Crippen LogP contribution in [0.5, 0.6) is 17.2 Å². The van der Waals surface area contributed by atoms with Gasteiger partial charge < -0.3 is 24.4 Å². The smallest absolute Gasteiger partial charge is 0.261 e. The van der Waals surface area contributed by atoms with Gasteiger partial charge in [-0.3, -0.25) is 9.59 Å². The molecule has 1 fully saturated rings. The number of rotatable bonds is 11. The Kier molecular flexibility index (Phi) is 9.19. The lowest BCUT2D eigenvalue weighted by Crippen LogP contribution is -2.52. The number of carbonyl (C=O) groups excluding carboxylic acids is 2. The van der Waals surface area contributed by atoms with Crippen molar-refractivity contribution in [1.82, 2.24) is 10.2 Å². The highest BCUT2D eigenvalue weighted by atomic mass is 16.5. The molecule has 1 aliphatic rings. The van der Waals surface area contributed by atoms with E-state index in [1.165, 1.54) is 0 Å². The standard InChI is InChI=1S/C27H36N2O5/c1-5-25(27(31)28-21-12-8-9-13-21)29(17-20-11-7-6-10-19(20)2)26(30)18-34-24-15-22(32-3)14-23(16-24)33-4/h6-7,10-11,14-16,21,25H,5,8-9,12-13,17-18H2,1-4H3,(H,28,31)/t25-/m0/s1. The molecule has 1 saturated carbocycles. The molecule has 1 atom stereocenters. The second-order valence-electron chi connectivity index (χ2n) is 8.70. The van der Waals surface area contributed by atoms with Gasteiger partial charge in [-0.2, -0.15) is 0 Å². The lowest BCUT2D eigenvalue weighted by atomic mass is 10.1. The van der Waals surface area contributed by atoms with Crippen molar-refractivity contribution >= 4 is 11.8 Å². The summed E-state index contributed by atoms with van der Waals surface area (Å²) in [7, 11) is 3.12. The number of nitrogens with zero attached hydrogens (tertiary/aromatic N) is 1. The van der Waals surface area contributed by atoms with Crippen LogP contribution in [0, 0.1) is 6.92 Å². The molecule has 7 nitrogen and oxygen atoms in total. The molecule has 0 aromatic heterocycles. The van der Waals surface area contributed by atoms with Gasteiger partial charge in [0, 0.05) is 30.8 Å². The molecule has 7 heteroatoms. The summed E-state index contributed by atoms with van der Waals surface area (Å²) in [6, 6.07) is 12.7. The maximum atomic E-state index is 13.4. The number of carbonyl (C=O) groups is 2. The van der Waals surface area contributed by atoms with E-state index in [-0.39, 0.29) is 24.5 Å². The van der Waals surface area contributed by atoms with Crippen LogP contribution >= 0.6 is 0 Å². The van der Waals surface area contributed by atoms with Crippen molar-refractivity contribution in [2.45, 2.75) is 64.6 Å². The van der Waals surface area contributed by atoms with Gasteiger partial charge in [0.2, 0.25) is 5.91 Å². The summed E-state index contributed by atoms with van der Waals surface area (Å²) in [6.45, 7) is 4.09. The average Bonchev–Trinajstić information content (AvgIpc) is 3.36. The van der Waals surface area contributed by atoms with Crippen molar-refractivity contribution in [3.8, 4) is 17.2 Å². The summed E-state index contributed by atoms with van der Waals surface area (Å²) in [5.74, 6) is 1.25. The highest BCUT2D eigenvalue weighted by Crippen LogP contribution is 2.27. The zero-order valence-corrected chi connectivity index (χ0v) is 20.6. The topological polar surface area (TPSA) is 77.1 Å². The van der Waals surface area contributed by atoms with Crippen LogP contribution in [0.4, 0.5) is 0 Å². The van der Waals surface area contributed by atoms with E-state index in [0.717, 1.165) is 36.8 Å². The fourth-order valence-electron chi connectivity index (χ4n) is 4.35. The Bertz CT molecular complexity index is 949. The quantitative estimate of drug-likeness (QED) is 0.533. The van der Waals surface area contributed by atoms with E-state index in [9.17, 15) is 9.59 Å². The molecule has 34 heavy (non-hydrogen) atoms. The molecule has 0 radical (unpaired) electrons. The van der Waals surface area contributed by atoms with Gasteiger partial charge in [0.15, 0.2) is 6.61 Å². The molecule has 0 spiro atoms. The molecule has 0 bridgehead atoms. The minimum absolute atomic E-state index is 0.0978. The number of ether oxygens (including phenoxy) is 3. The second-order valence-corrected chi connectivity index (χ2v) is 8.70. The minimum Gasteiger partial charge on any atom is -0.496 e. The van der Waals surface area contributed by atoms with Gasteiger partial charge in [-0.25, -0.2) is 0 Å². The molecule has 0 saturated heterocycles. The monoisotopic (exact) mass is 468 g/mol. The molecule has 0 aliphatic heterocycles. The first-order valence-electron chi connectivity index (χ1n) is 11.9. The van der Waals surface area contributed by atoms with Gasteiger partial charge in [0.05, 0.1) is 14.2 Å². The fourth-order valence-corrected chi connectivity index (χ4v) is 4.35. The third-order valence-corrected chi connectivity index (χ3v) is 6.38. The number of hydrogen-bond donors (Lipinski definition) is 1. The normalized spacial score (nSPS) is 14.4. The fraction of sp³-hybridized carbons (Fsp3) is 0.481. The number of methoxy groups -OCH3 is 2. The van der Waals surface area contributed by atoms with Crippen molar-refractivity contribution in [3.63, 3.8) is 0 Å². The summed E-state index contributed by atoms with van der Waals surface area (Å²) in [6.07, 6.45) is 4.77. The highest BCUT2D eigenvalue weighted by Gasteiger charge is 2.31. The molecule has 2 aromatic carbocycles. The molecule has 2 aromatic rings. The Balaban J connectivity index is 1.79. The predicted octanol–water partition coefficient (Wildman–Crippen LogP) is 4.26. The number of amides is 2. The van der Waals surface area contributed by atoms with E-state index in [4.69, 9.17) is 14.2 Å². The van der Waals surface area contributed by atoms with Crippen LogP contribution in [0.1, 0.15) is 50.2 Å². The van der Waals surface area contributed by atoms with Gasteiger partial charge in [-0.15, -0.1) is 0 Å². The van der Waals surface area contributed by atoms with Crippen LogP contribution in [0.3, 0.4) is 0 Å². The molecule has 0 unspecified atom stereocenters. The van der Waals surface area contributed by atoms with E-state index in [2.05, 4.69) is 5.32 Å². The Morgan fingerprint density at radius 3 is 2.24 bits per heavy atom. The first kappa shape index (κ1) is 25.4. The molecular weight excluding hydrogens is 432 g/mol. The zero-order chi connectivity index (χ0) is 24.5. The Labute approximate surface area is 202 Å². The van der Waals surface area contributed by atoms with Crippen LogP contribution in [-0.4, -0.2) is 49.6 Å². The van der Waals surface area contributed by atoms with Gasteiger partial charge in [0.1, 0.15) is 23.3 Å². The molecule has 1 N–H and O–H groups in total. The lowest BCUT2D eigenvalue weighted by molar-refractivity contribution is -0.143. The molecule has 1 aliphatic carbocycles. The van der Waals surface area contributed by atoms with Crippen LogP contribution in [0.15, 0.2) is 42.5 Å². The van der Waals surface area contributed by atoms with Crippen LogP contribution in [0.2, 0.25) is 0 Å².